The Morgan fingerprint density at radius 3 is 2.62 bits per heavy atom. The molecule has 1 aromatic heterocycles. The second kappa shape index (κ2) is 11.5. The number of benzene rings is 1. The molecule has 1 heterocycles. The number of aromatic nitrogens is 1. The zero-order chi connectivity index (χ0) is 21.2. The summed E-state index contributed by atoms with van der Waals surface area (Å²) in [6.45, 7) is 12.2. The lowest BCUT2D eigenvalue weighted by atomic mass is 10.1. The molecule has 0 aliphatic rings. The van der Waals surface area contributed by atoms with Gasteiger partial charge in [-0.3, -0.25) is 0 Å². The highest BCUT2D eigenvalue weighted by Crippen LogP contribution is 2.33. The molecule has 2 N–H and O–H groups in total. The molecule has 158 valence electrons. The van der Waals surface area contributed by atoms with E-state index in [-0.39, 0.29) is 0 Å². The number of aryl methyl sites for hydroxylation is 2. The first-order valence-corrected chi connectivity index (χ1v) is 10.6. The molecular formula is C22H32N4O2S. The fourth-order valence-corrected chi connectivity index (χ4v) is 3.88. The zero-order valence-corrected chi connectivity index (χ0v) is 18.9. The van der Waals surface area contributed by atoms with E-state index in [4.69, 9.17) is 14.5 Å². The van der Waals surface area contributed by atoms with Crippen LogP contribution in [0.1, 0.15) is 33.6 Å². The number of nitrogens with one attached hydrogen (secondary N) is 2. The van der Waals surface area contributed by atoms with Gasteiger partial charge in [0, 0.05) is 30.0 Å². The molecule has 0 spiro atoms. The number of guanidine groups is 1. The number of allylic oxidation sites excluding steroid dienone is 1. The van der Waals surface area contributed by atoms with E-state index >= 15 is 0 Å². The van der Waals surface area contributed by atoms with Crippen molar-refractivity contribution in [2.75, 3.05) is 27.3 Å². The number of rotatable bonds is 10. The van der Waals surface area contributed by atoms with Gasteiger partial charge in [-0.1, -0.05) is 6.08 Å². The second-order valence-electron chi connectivity index (χ2n) is 6.60. The van der Waals surface area contributed by atoms with E-state index < -0.39 is 0 Å². The molecule has 0 saturated heterocycles. The Morgan fingerprint density at radius 1 is 1.24 bits per heavy atom. The maximum atomic E-state index is 5.51. The van der Waals surface area contributed by atoms with Crippen LogP contribution in [0.5, 0.6) is 11.5 Å². The van der Waals surface area contributed by atoms with Crippen LogP contribution >= 0.6 is 11.3 Å². The van der Waals surface area contributed by atoms with Crippen LogP contribution in [0.4, 0.5) is 0 Å². The first-order valence-electron chi connectivity index (χ1n) is 9.82. The third kappa shape index (κ3) is 6.49. The minimum Gasteiger partial charge on any atom is -0.493 e. The van der Waals surface area contributed by atoms with Gasteiger partial charge in [0.05, 0.1) is 31.5 Å². The van der Waals surface area contributed by atoms with Crippen molar-refractivity contribution in [2.45, 2.75) is 40.2 Å². The number of methoxy groups -OCH3 is 2. The van der Waals surface area contributed by atoms with Crippen LogP contribution in [0.25, 0.3) is 0 Å². The number of aliphatic imine (C=N–C) groups is 1. The van der Waals surface area contributed by atoms with Crippen molar-refractivity contribution in [1.82, 2.24) is 15.6 Å². The van der Waals surface area contributed by atoms with Crippen molar-refractivity contribution in [3.63, 3.8) is 0 Å². The average molecular weight is 417 g/mol. The summed E-state index contributed by atoms with van der Waals surface area (Å²) in [6.07, 6.45) is 3.45. The molecule has 2 rings (SSSR count). The van der Waals surface area contributed by atoms with Crippen molar-refractivity contribution in [3.05, 3.63) is 51.5 Å². The first-order chi connectivity index (χ1) is 14.0. The van der Waals surface area contributed by atoms with Crippen molar-refractivity contribution in [1.29, 1.82) is 0 Å². The smallest absolute Gasteiger partial charge is 0.191 e. The van der Waals surface area contributed by atoms with Gasteiger partial charge >= 0.3 is 0 Å². The summed E-state index contributed by atoms with van der Waals surface area (Å²) < 4.78 is 11.0. The molecule has 0 fully saturated rings. The van der Waals surface area contributed by atoms with E-state index in [9.17, 15) is 0 Å². The van der Waals surface area contributed by atoms with Crippen molar-refractivity contribution < 1.29 is 9.47 Å². The highest BCUT2D eigenvalue weighted by molar-refractivity contribution is 7.11. The van der Waals surface area contributed by atoms with Crippen LogP contribution in [0.15, 0.2) is 29.8 Å². The lowest BCUT2D eigenvalue weighted by Gasteiger charge is -2.14. The number of thiazole rings is 1. The van der Waals surface area contributed by atoms with Gasteiger partial charge < -0.3 is 20.1 Å². The molecule has 2 aromatic rings. The molecule has 7 heteroatoms. The lowest BCUT2D eigenvalue weighted by Crippen LogP contribution is -2.38. The van der Waals surface area contributed by atoms with Crippen molar-refractivity contribution in [3.8, 4) is 11.5 Å². The van der Waals surface area contributed by atoms with Gasteiger partial charge in [-0.15, -0.1) is 17.9 Å². The molecule has 0 bridgehead atoms. The van der Waals surface area contributed by atoms with E-state index in [2.05, 4.69) is 49.0 Å². The first kappa shape index (κ1) is 22.7. The molecule has 0 aliphatic heterocycles. The summed E-state index contributed by atoms with van der Waals surface area (Å²) in [5.74, 6) is 2.25. The minimum absolute atomic E-state index is 0.537. The molecular weight excluding hydrogens is 384 g/mol. The van der Waals surface area contributed by atoms with Crippen molar-refractivity contribution in [2.24, 2.45) is 4.99 Å². The Bertz CT molecular complexity index is 826. The van der Waals surface area contributed by atoms with Gasteiger partial charge in [-0.05, 0) is 44.9 Å². The Hall–Kier alpha value is -2.54. The van der Waals surface area contributed by atoms with Gasteiger partial charge in [0.2, 0.25) is 0 Å². The summed E-state index contributed by atoms with van der Waals surface area (Å²) in [5.41, 5.74) is 3.22. The Balaban J connectivity index is 2.08. The third-order valence-corrected chi connectivity index (χ3v) is 5.58. The van der Waals surface area contributed by atoms with Crippen LogP contribution in [0.2, 0.25) is 0 Å². The van der Waals surface area contributed by atoms with Gasteiger partial charge in [0.1, 0.15) is 0 Å². The molecule has 6 nitrogen and oxygen atoms in total. The number of hydrogen-bond donors (Lipinski definition) is 2. The quantitative estimate of drug-likeness (QED) is 0.350. The monoisotopic (exact) mass is 416 g/mol. The highest BCUT2D eigenvalue weighted by Gasteiger charge is 2.12. The fraction of sp³-hybridized carbons (Fsp3) is 0.455. The predicted octanol–water partition coefficient (Wildman–Crippen LogP) is 3.80. The Labute approximate surface area is 178 Å². The maximum absolute atomic E-state index is 5.51. The van der Waals surface area contributed by atoms with E-state index in [1.165, 1.54) is 4.88 Å². The topological polar surface area (TPSA) is 67.8 Å². The average Bonchev–Trinajstić information content (AvgIpc) is 3.03. The van der Waals surface area contributed by atoms with Crippen LogP contribution in [-0.4, -0.2) is 38.3 Å². The predicted molar refractivity (Wildman–Crippen MR) is 122 cm³/mol. The molecule has 0 radical (unpaired) electrons. The number of hydrogen-bond acceptors (Lipinski definition) is 5. The Morgan fingerprint density at radius 2 is 2.03 bits per heavy atom. The normalized spacial score (nSPS) is 11.3. The van der Waals surface area contributed by atoms with Crippen LogP contribution in [0.3, 0.4) is 0 Å². The summed E-state index contributed by atoms with van der Waals surface area (Å²) in [6, 6.07) is 4.07. The lowest BCUT2D eigenvalue weighted by molar-refractivity contribution is 0.352. The summed E-state index contributed by atoms with van der Waals surface area (Å²) >= 11 is 1.76. The van der Waals surface area contributed by atoms with Gasteiger partial charge in [-0.2, -0.15) is 0 Å². The third-order valence-electron chi connectivity index (χ3n) is 4.45. The van der Waals surface area contributed by atoms with Crippen molar-refractivity contribution >= 4 is 17.3 Å². The molecule has 0 atom stereocenters. The van der Waals surface area contributed by atoms with Crippen LogP contribution in [0, 0.1) is 13.8 Å². The van der Waals surface area contributed by atoms with Crippen LogP contribution < -0.4 is 20.1 Å². The minimum atomic E-state index is 0.537. The number of nitrogens with zero attached hydrogens (tertiary/aromatic N) is 2. The van der Waals surface area contributed by atoms with E-state index in [0.29, 0.717) is 18.7 Å². The Kier molecular flexibility index (Phi) is 8.99. The molecule has 0 saturated carbocycles. The highest BCUT2D eigenvalue weighted by atomic mass is 32.1. The maximum Gasteiger partial charge on any atom is 0.191 e. The molecule has 0 aliphatic carbocycles. The summed E-state index contributed by atoms with van der Waals surface area (Å²) in [4.78, 5) is 10.6. The zero-order valence-electron chi connectivity index (χ0n) is 18.1. The van der Waals surface area contributed by atoms with Gasteiger partial charge in [0.15, 0.2) is 17.5 Å². The summed E-state index contributed by atoms with van der Waals surface area (Å²) in [5, 5.41) is 7.84. The standard InChI is InChI=1S/C22H32N4O2S/c1-7-9-18-12-17(13-19(27-5)21(18)28-6)14-25-22(23-8-2)24-11-10-20-26-15(3)16(4)29-20/h7,12-13H,1,8-11,14H2,2-6H3,(H2,23,24,25). The van der Waals surface area contributed by atoms with Crippen LogP contribution in [-0.2, 0) is 19.4 Å². The fourth-order valence-electron chi connectivity index (χ4n) is 2.95. The molecule has 0 amide bonds. The van der Waals surface area contributed by atoms with E-state index in [1.807, 2.05) is 12.1 Å². The summed E-state index contributed by atoms with van der Waals surface area (Å²) in [7, 11) is 3.30. The number of ether oxygens (including phenoxy) is 2. The van der Waals surface area contributed by atoms with Gasteiger partial charge in [0.25, 0.3) is 0 Å². The van der Waals surface area contributed by atoms with E-state index in [0.717, 1.165) is 53.0 Å². The molecule has 0 unspecified atom stereocenters. The molecule has 1 aromatic carbocycles. The molecule has 29 heavy (non-hydrogen) atoms. The SMILES string of the molecule is C=CCc1cc(CN=C(NCC)NCCc2nc(C)c(C)s2)cc(OC)c1OC. The largest absolute Gasteiger partial charge is 0.493 e. The van der Waals surface area contributed by atoms with Gasteiger partial charge in [-0.25, -0.2) is 9.98 Å². The van der Waals surface area contributed by atoms with E-state index in [1.54, 1.807) is 25.6 Å². The second-order valence-corrected chi connectivity index (χ2v) is 7.89.